The van der Waals surface area contributed by atoms with E-state index in [-0.39, 0.29) is 43.6 Å². The van der Waals surface area contributed by atoms with E-state index >= 15 is 0 Å². The van der Waals surface area contributed by atoms with Gasteiger partial charge in [-0.3, -0.25) is 84.7 Å². The summed E-state index contributed by atoms with van der Waals surface area (Å²) in [7, 11) is -5.07. The van der Waals surface area contributed by atoms with Crippen LogP contribution in [0.3, 0.4) is 0 Å². The molecule has 15 N–H and O–H groups in total. The van der Waals surface area contributed by atoms with Crippen LogP contribution in [0, 0.1) is 11.1 Å². The number of phosphoric ester groups is 1. The van der Waals surface area contributed by atoms with Gasteiger partial charge in [0.1, 0.15) is 104 Å². The summed E-state index contributed by atoms with van der Waals surface area (Å²) in [4.78, 5) is 144. The summed E-state index contributed by atoms with van der Waals surface area (Å²) in [5.41, 5.74) is -6.49. The first kappa shape index (κ1) is 89.2. The molecule has 7 unspecified atom stereocenters. The molecule has 56 heteroatoms. The number of nitrogens with one attached hydrogen (secondary N) is 5. The van der Waals surface area contributed by atoms with E-state index in [2.05, 4.69) is 99.1 Å². The van der Waals surface area contributed by atoms with Crippen LogP contribution in [-0.2, 0) is 73.0 Å². The van der Waals surface area contributed by atoms with E-state index in [1.54, 1.807) is 72.9 Å². The van der Waals surface area contributed by atoms with Crippen molar-refractivity contribution < 1.29 is 114 Å². The molecule has 7 aliphatic heterocycles. The fourth-order valence-corrected chi connectivity index (χ4v) is 14.8. The number of fused-ring (bicyclic) bond motifs is 2. The molecule has 12 heterocycles. The number of aromatic amines is 5. The van der Waals surface area contributed by atoms with Gasteiger partial charge >= 0.3 is 36.3 Å². The maximum atomic E-state index is 12.2. The monoisotopic (exact) mass is 2270 g/mol. The first-order valence-corrected chi connectivity index (χ1v) is 42.2. The predicted octanol–water partition coefficient (Wildman–Crippen LogP) is -4.50. The molecule has 109 heavy (non-hydrogen) atoms. The third-order valence-electron chi connectivity index (χ3n) is 15.3. The van der Waals surface area contributed by atoms with E-state index in [4.69, 9.17) is 68.0 Å². The molecular weight excluding hydrogens is 2200 g/mol. The zero-order valence-corrected chi connectivity index (χ0v) is 73.2. The Bertz CT molecular complexity index is 4930. The zero-order chi connectivity index (χ0) is 85.5. The molecule has 2 radical (unpaired) electrons. The van der Waals surface area contributed by atoms with Crippen LogP contribution in [0.2, 0.25) is 0 Å². The Kier molecular flexibility index (Phi) is 32.6. The third-order valence-corrected chi connectivity index (χ3v) is 24.5. The second-order valence-corrected chi connectivity index (χ2v) is 34.4. The van der Waals surface area contributed by atoms with Gasteiger partial charge in [-0.25, -0.2) is 28.5 Å². The fourth-order valence-electron chi connectivity index (χ4n) is 10.7. The van der Waals surface area contributed by atoms with Crippen molar-refractivity contribution in [3.8, 4) is 0 Å². The molecule has 43 nitrogen and oxygen atoms in total. The maximum Gasteiger partial charge on any atom is 0.469 e. The molecule has 608 valence electrons. The second-order valence-electron chi connectivity index (χ2n) is 24.0. The first-order valence-electron chi connectivity index (χ1n) is 32.8. The number of nitrogens with zero attached hydrogens (tertiary/aromatic N) is 5. The van der Waals surface area contributed by atoms with Gasteiger partial charge in [-0.15, -0.1) is 0 Å². The lowest BCUT2D eigenvalue weighted by molar-refractivity contribution is -0.195. The van der Waals surface area contributed by atoms with Crippen LogP contribution in [0.1, 0.15) is 75.4 Å². The van der Waals surface area contributed by atoms with E-state index in [1.165, 1.54) is 27.8 Å². The molecule has 0 spiro atoms. The molecule has 0 amide bonds. The van der Waals surface area contributed by atoms with Crippen LogP contribution in [0.5, 0.6) is 0 Å². The van der Waals surface area contributed by atoms with Gasteiger partial charge in [0.15, 0.2) is 42.7 Å². The van der Waals surface area contributed by atoms with Gasteiger partial charge in [-0.05, 0) is 213 Å². The number of aliphatic hydroxyl groups excluding tert-OH is 8. The van der Waals surface area contributed by atoms with E-state index in [1.807, 2.05) is 32.6 Å². The normalized spacial score (nSPS) is 31.2. The van der Waals surface area contributed by atoms with Gasteiger partial charge in [0.05, 0.1) is 41.0 Å². The summed E-state index contributed by atoms with van der Waals surface area (Å²) in [5.74, 6) is -1.60. The summed E-state index contributed by atoms with van der Waals surface area (Å²) in [6.45, 7) is 5.40. The van der Waals surface area contributed by atoms with Crippen molar-refractivity contribution in [1.82, 2.24) is 47.8 Å². The van der Waals surface area contributed by atoms with Crippen molar-refractivity contribution >= 4 is 191 Å². The lowest BCUT2D eigenvalue weighted by Gasteiger charge is -2.24. The minimum Gasteiger partial charge on any atom is -0.394 e. The van der Waals surface area contributed by atoms with Crippen LogP contribution in [0.4, 0.5) is 0 Å². The van der Waals surface area contributed by atoms with Gasteiger partial charge in [0.25, 0.3) is 27.8 Å². The minimum atomic E-state index is -4.79. The number of hydrogen-bond acceptors (Lipinski definition) is 31. The van der Waals surface area contributed by atoms with Crippen LogP contribution < -0.4 is 56.2 Å². The quantitative estimate of drug-likeness (QED) is 0.0242. The number of phosphoric acid groups is 1. The van der Waals surface area contributed by atoms with E-state index in [9.17, 15) is 91.6 Å². The SMILES string of the molecule is O=c1[nH]c(=O)n([C@@H]2O[C@H](CO)[C@H](O)C2O)c(I)c1Br.O=c1[nH]c(=O)n([C@@H]2O[C@H](CO)[C@H](O)C2O)cc1Br.O=c1[nH]c(=O)n([C@@H]2O[C@H](COP(=O)(O)O)[C@H](O)C2O)c(I)c1Br.[2H][B]S(C)=O.[2H][B]S(C)=O.[3H]C[C@H]1O[C@@H](n2c(I)c(Br)c(=O)[nH]c2=O)C2OC(C)(C)O[C@H]21.[3H]C[C@H]1O[C@@H](n2cc(Br)c(=O)[nH]c2=O)C2OC(C)(C)O[C@H]21. The smallest absolute Gasteiger partial charge is 0.394 e. The van der Waals surface area contributed by atoms with Gasteiger partial charge in [-0.2, -0.15) is 0 Å². The van der Waals surface area contributed by atoms with Gasteiger partial charge in [0, 0.05) is 27.6 Å². The van der Waals surface area contributed by atoms with Crippen LogP contribution >= 0.6 is 155 Å². The number of ether oxygens (including phenoxy) is 9. The average Bonchev–Trinajstić information content (AvgIpc) is 1.60. The maximum absolute atomic E-state index is 12.2. The Morgan fingerprint density at radius 3 is 1.14 bits per heavy atom. The number of halogens is 8. The Morgan fingerprint density at radius 2 is 0.798 bits per heavy atom. The third kappa shape index (κ3) is 23.6. The molecule has 12 rings (SSSR count). The molecule has 7 aliphatic rings. The minimum absolute atomic E-state index is 0.00359. The number of H-pyrrole nitrogens is 5. The second kappa shape index (κ2) is 39.9. The Hall–Kier alpha value is -2.15. The molecule has 22 atom stereocenters. The summed E-state index contributed by atoms with van der Waals surface area (Å²) < 4.78 is 119. The first-order chi connectivity index (χ1) is 52.5. The highest BCUT2D eigenvalue weighted by Gasteiger charge is 2.57. The van der Waals surface area contributed by atoms with Crippen molar-refractivity contribution in [2.45, 2.75) is 176 Å². The van der Waals surface area contributed by atoms with Crippen molar-refractivity contribution in [3.63, 3.8) is 0 Å². The topological polar surface area (TPSA) is 620 Å². The lowest BCUT2D eigenvalue weighted by atomic mass is 10.1. The molecule has 0 bridgehead atoms. The van der Waals surface area contributed by atoms with E-state index in [0.717, 1.165) is 34.1 Å². The zero-order valence-electron chi connectivity index (χ0n) is 60.3. The van der Waals surface area contributed by atoms with E-state index in [0.29, 0.717) is 3.70 Å². The largest absolute Gasteiger partial charge is 0.469 e. The summed E-state index contributed by atoms with van der Waals surface area (Å²) in [6.07, 6.45) is -14.4. The van der Waals surface area contributed by atoms with Crippen molar-refractivity contribution in [2.24, 2.45) is 0 Å². The number of rotatable bonds is 12. The Balaban J connectivity index is 0.000000214. The fraction of sp³-hybridized carbons (Fsp3) is 0.623. The van der Waals surface area contributed by atoms with Crippen molar-refractivity contribution in [1.29, 1.82) is 2.67 Å². The summed E-state index contributed by atoms with van der Waals surface area (Å²) in [5, 5.41) is 76.7. The highest BCUT2D eigenvalue weighted by atomic mass is 127. The van der Waals surface area contributed by atoms with Crippen LogP contribution in [-0.4, -0.2) is 259 Å². The Labute approximate surface area is 706 Å². The molecule has 7 fully saturated rings. The Morgan fingerprint density at radius 1 is 0.505 bits per heavy atom. The standard InChI is InChI=1S/C12H14BrIN2O5.C12H15BrN2O5.C9H11BrIN2O9P.C9H10BrIN2O6.C9H11BrN2O6.2CH4BOS/c1-4-6-7(21-12(2,3)20-6)10(19-4)16-8(14)5(13)9(17)15-11(16)18;1-5-7-8(20-12(2,3)19-7)10(18-5)15-4-6(13)9(16)14-11(15)17;10-3-6(11)13(9(17)12-7(3)16)8-5(15)4(14)2(22-8)1-21-23(18,19)20;10-3-6(11)13(9(18)12-7(3)17)8-5(16)4(15)2(1-14)19-8;10-3-1-12(9(17)11-7(3)16)8-6(15)5(14)4(2-13)18-8;2*1-4(2)3/h4,6-7,10H,1-3H3,(H,15,17,18);4-5,7-8,10H,1-3H3,(H,14,16,17);2,4-5,8,14-15H,1H2,(H,12,16,17)(H2,18,19,20);2,4-5,8,14-16H,1H2,(H,12,17,18);1,4-6,8,13-15H,2H2,(H,11,16,17);2*2H,1H3/t4-,6+,7?,10-;5-,7+,8?,10-;2*2-,4+,5?,8-;4-,5+,6?,8-;;/m11111../s1/i2*1T;;;;2*2D. The molecule has 0 aromatic carbocycles. The molecular formula is C53H69B2Br5I3N10O33PS2. The summed E-state index contributed by atoms with van der Waals surface area (Å²) in [6, 6.07) is 0. The number of aromatic nitrogens is 10. The molecule has 0 aliphatic carbocycles. The molecule has 7 saturated heterocycles. The summed E-state index contributed by atoms with van der Waals surface area (Å²) >= 11 is 20.5. The van der Waals surface area contributed by atoms with Gasteiger partial charge in [0.2, 0.25) is 14.2 Å². The van der Waals surface area contributed by atoms with Crippen molar-refractivity contribution in [2.75, 3.05) is 32.3 Å². The number of hydrogen-bond donors (Lipinski definition) is 15. The lowest BCUT2D eigenvalue weighted by Crippen LogP contribution is -2.40. The van der Waals surface area contributed by atoms with Crippen molar-refractivity contribution in [3.05, 3.63) is 150 Å². The van der Waals surface area contributed by atoms with Crippen LogP contribution in [0.25, 0.3) is 0 Å². The molecule has 5 aromatic heterocycles. The molecule has 5 aromatic rings. The highest BCUT2D eigenvalue weighted by molar-refractivity contribution is 14.1. The van der Waals surface area contributed by atoms with Gasteiger partial charge < -0.3 is 93.3 Å². The predicted molar refractivity (Wildman–Crippen MR) is 422 cm³/mol. The average molecular weight is 2280 g/mol. The number of aliphatic hydroxyl groups is 8. The molecule has 0 saturated carbocycles. The van der Waals surface area contributed by atoms with Gasteiger partial charge in [-0.1, -0.05) is 0 Å². The van der Waals surface area contributed by atoms with Crippen LogP contribution in [0.15, 0.2) is 82.7 Å². The van der Waals surface area contributed by atoms with E-state index < -0.39 is 239 Å². The highest BCUT2D eigenvalue weighted by Crippen LogP contribution is 2.45.